The van der Waals surface area contributed by atoms with E-state index in [1.165, 1.54) is 25.6 Å². The molecule has 60 heavy (non-hydrogen) atoms. The molecule has 3 aromatic heterocycles. The summed E-state index contributed by atoms with van der Waals surface area (Å²) in [7, 11) is 2.58. The minimum atomic E-state index is -0.843. The maximum absolute atomic E-state index is 13.8. The quantitative estimate of drug-likeness (QED) is 0.101. The van der Waals surface area contributed by atoms with Crippen LogP contribution in [0.3, 0.4) is 0 Å². The van der Waals surface area contributed by atoms with Crippen LogP contribution in [-0.4, -0.2) is 87.1 Å². The highest BCUT2D eigenvalue weighted by molar-refractivity contribution is 7.08. The Morgan fingerprint density at radius 2 is 1.23 bits per heavy atom. The zero-order chi connectivity index (χ0) is 41.9. The van der Waals surface area contributed by atoms with Crippen LogP contribution in [0, 0.1) is 5.92 Å². The Morgan fingerprint density at radius 3 is 1.82 bits per heavy atom. The third-order valence-electron chi connectivity index (χ3n) is 11.5. The zero-order valence-electron chi connectivity index (χ0n) is 33.9. The molecule has 0 spiro atoms. The predicted octanol–water partition coefficient (Wildman–Crippen LogP) is 8.15. The van der Waals surface area contributed by atoms with Crippen LogP contribution in [0.1, 0.15) is 74.9 Å². The molecule has 0 bridgehead atoms. The fourth-order valence-electron chi connectivity index (χ4n) is 8.32. The highest BCUT2D eigenvalue weighted by Crippen LogP contribution is 2.36. The SMILES string of the molecule is COC(=O)N[C@H](C(=O)N1CCC[C@H]1c1ncc(-c2ccc(-c3ccc4cc(-c5cnc([C@@H]6CCCN6C(=O)[C@@H](NC(=O)OC)C(C)C)[nH]5)ccc4c3)cc2)[nH]1)c1ccsc1. The van der Waals surface area contributed by atoms with Crippen molar-refractivity contribution in [3.8, 4) is 33.6 Å². The average Bonchev–Trinajstić information content (AvgIpc) is 4.13. The lowest BCUT2D eigenvalue weighted by Gasteiger charge is -2.30. The zero-order valence-corrected chi connectivity index (χ0v) is 34.8. The summed E-state index contributed by atoms with van der Waals surface area (Å²) in [5, 5.41) is 11.3. The second-order valence-electron chi connectivity index (χ2n) is 15.6. The number of amides is 4. The van der Waals surface area contributed by atoms with Gasteiger partial charge in [-0.15, -0.1) is 0 Å². The number of hydrogen-bond acceptors (Lipinski definition) is 9. The molecule has 4 N–H and O–H groups in total. The molecule has 2 saturated heterocycles. The summed E-state index contributed by atoms with van der Waals surface area (Å²) in [6.45, 7) is 4.97. The second kappa shape index (κ2) is 17.4. The Bertz CT molecular complexity index is 2500. The van der Waals surface area contributed by atoms with Gasteiger partial charge in [-0.1, -0.05) is 62.4 Å². The van der Waals surface area contributed by atoms with Gasteiger partial charge in [0.25, 0.3) is 5.91 Å². The van der Waals surface area contributed by atoms with Gasteiger partial charge in [-0.05, 0) is 93.6 Å². The first-order valence-electron chi connectivity index (χ1n) is 20.2. The molecule has 0 saturated carbocycles. The van der Waals surface area contributed by atoms with Gasteiger partial charge in [0.15, 0.2) is 0 Å². The number of benzene rings is 3. The monoisotopic (exact) mass is 828 g/mol. The molecule has 14 nitrogen and oxygen atoms in total. The Morgan fingerprint density at radius 1 is 0.700 bits per heavy atom. The van der Waals surface area contributed by atoms with Crippen molar-refractivity contribution in [3.63, 3.8) is 0 Å². The van der Waals surface area contributed by atoms with Crippen LogP contribution in [0.4, 0.5) is 9.59 Å². The van der Waals surface area contributed by atoms with E-state index in [0.29, 0.717) is 18.9 Å². The number of ether oxygens (including phenoxy) is 2. The summed E-state index contributed by atoms with van der Waals surface area (Å²) < 4.78 is 9.58. The van der Waals surface area contributed by atoms with Crippen LogP contribution in [-0.2, 0) is 19.1 Å². The number of nitrogens with one attached hydrogen (secondary N) is 4. The van der Waals surface area contributed by atoms with Gasteiger partial charge in [-0.25, -0.2) is 19.6 Å². The van der Waals surface area contributed by atoms with E-state index >= 15 is 0 Å². The smallest absolute Gasteiger partial charge is 0.407 e. The number of carbonyl (C=O) groups excluding carboxylic acids is 4. The lowest BCUT2D eigenvalue weighted by Crippen LogP contribution is -2.51. The van der Waals surface area contributed by atoms with Crippen molar-refractivity contribution in [1.29, 1.82) is 0 Å². The fourth-order valence-corrected chi connectivity index (χ4v) is 9.00. The number of aromatic amines is 2. The van der Waals surface area contributed by atoms with Gasteiger partial charge in [-0.2, -0.15) is 11.3 Å². The molecule has 15 heteroatoms. The Hall–Kier alpha value is -6.48. The molecule has 0 aliphatic carbocycles. The van der Waals surface area contributed by atoms with Crippen molar-refractivity contribution in [2.24, 2.45) is 5.92 Å². The molecular formula is C45H48N8O6S. The molecule has 8 rings (SSSR count). The molecule has 3 aromatic carbocycles. The van der Waals surface area contributed by atoms with Gasteiger partial charge < -0.3 is 39.9 Å². The topological polar surface area (TPSA) is 175 Å². The van der Waals surface area contributed by atoms with Gasteiger partial charge in [0.1, 0.15) is 23.7 Å². The number of H-pyrrole nitrogens is 2. The van der Waals surface area contributed by atoms with Gasteiger partial charge in [0.05, 0.1) is 50.1 Å². The Labute approximate surface area is 351 Å². The number of nitrogens with zero attached hydrogens (tertiary/aromatic N) is 4. The van der Waals surface area contributed by atoms with Crippen LogP contribution in [0.15, 0.2) is 89.9 Å². The van der Waals surface area contributed by atoms with E-state index in [0.717, 1.165) is 81.5 Å². The van der Waals surface area contributed by atoms with Crippen molar-refractivity contribution >= 4 is 46.1 Å². The highest BCUT2D eigenvalue weighted by Gasteiger charge is 2.39. The summed E-state index contributed by atoms with van der Waals surface area (Å²) in [5.41, 5.74) is 6.57. The first-order valence-corrected chi connectivity index (χ1v) is 21.1. The number of carbonyl (C=O) groups is 4. The first-order chi connectivity index (χ1) is 29.1. The number of aromatic nitrogens is 4. The lowest BCUT2D eigenvalue weighted by molar-refractivity contribution is -0.135. The molecule has 0 unspecified atom stereocenters. The molecule has 2 aliphatic rings. The van der Waals surface area contributed by atoms with E-state index in [1.807, 2.05) is 41.8 Å². The predicted molar refractivity (Wildman–Crippen MR) is 229 cm³/mol. The van der Waals surface area contributed by atoms with Crippen LogP contribution in [0.5, 0.6) is 0 Å². The molecule has 4 amide bonds. The molecule has 310 valence electrons. The van der Waals surface area contributed by atoms with Crippen LogP contribution >= 0.6 is 11.3 Å². The lowest BCUT2D eigenvalue weighted by atomic mass is 9.98. The number of rotatable bonds is 11. The number of methoxy groups -OCH3 is 2. The third-order valence-corrected chi connectivity index (χ3v) is 12.2. The van der Waals surface area contributed by atoms with Crippen molar-refractivity contribution in [1.82, 2.24) is 40.4 Å². The standard InChI is InChI=1S/C45H48N8O6S/c1-26(2)38(50-44(56)58-3)42(54)52-18-5-7-36(52)41-47-24-35(49-41)32-16-15-30-21-29(13-14-31(30)22-32)27-9-11-28(12-10-27)34-23-46-40(48-34)37-8-6-19-53(37)43(55)39(51-45(57)59-4)33-17-20-60-25-33/h9-17,20-26,36-39H,5-8,18-19H2,1-4H3,(H,46,48)(H,47,49)(H,50,56)(H,51,57)/t36-,37-,38-,39-/m0/s1. The van der Waals surface area contributed by atoms with E-state index in [2.05, 4.69) is 81.3 Å². The summed E-state index contributed by atoms with van der Waals surface area (Å²) >= 11 is 1.46. The second-order valence-corrected chi connectivity index (χ2v) is 16.4. The summed E-state index contributed by atoms with van der Waals surface area (Å²) in [4.78, 5) is 71.5. The Kier molecular flexibility index (Phi) is 11.7. The van der Waals surface area contributed by atoms with Crippen LogP contribution in [0.2, 0.25) is 0 Å². The number of thiophene rings is 1. The number of likely N-dealkylation sites (tertiary alicyclic amines) is 2. The normalized spacial score (nSPS) is 17.5. The number of fused-ring (bicyclic) bond motifs is 1. The molecule has 6 aromatic rings. The number of imidazole rings is 2. The molecular weight excluding hydrogens is 781 g/mol. The molecule has 0 radical (unpaired) electrons. The van der Waals surface area contributed by atoms with E-state index in [1.54, 1.807) is 11.1 Å². The maximum atomic E-state index is 13.8. The number of alkyl carbamates (subject to hydrolysis) is 2. The van der Waals surface area contributed by atoms with Gasteiger partial charge in [-0.3, -0.25) is 9.59 Å². The highest BCUT2D eigenvalue weighted by atomic mass is 32.1. The fraction of sp³-hybridized carbons (Fsp3) is 0.333. The van der Waals surface area contributed by atoms with Crippen LogP contribution in [0.25, 0.3) is 44.4 Å². The van der Waals surface area contributed by atoms with E-state index in [9.17, 15) is 19.2 Å². The van der Waals surface area contributed by atoms with Crippen molar-refractivity contribution < 1.29 is 28.7 Å². The van der Waals surface area contributed by atoms with E-state index < -0.39 is 24.3 Å². The van der Waals surface area contributed by atoms with E-state index in [-0.39, 0.29) is 29.8 Å². The molecule has 2 aliphatic heterocycles. The summed E-state index contributed by atoms with van der Waals surface area (Å²) in [5.74, 6) is 0.997. The number of hydrogen-bond donors (Lipinski definition) is 4. The summed E-state index contributed by atoms with van der Waals surface area (Å²) in [6, 6.07) is 20.9. The van der Waals surface area contributed by atoms with Gasteiger partial charge >= 0.3 is 12.2 Å². The molecule has 5 heterocycles. The van der Waals surface area contributed by atoms with E-state index in [4.69, 9.17) is 19.4 Å². The molecule has 4 atom stereocenters. The summed E-state index contributed by atoms with van der Waals surface area (Å²) in [6.07, 6.45) is 5.56. The van der Waals surface area contributed by atoms with Crippen molar-refractivity contribution in [2.75, 3.05) is 27.3 Å². The van der Waals surface area contributed by atoms with Crippen molar-refractivity contribution in [3.05, 3.63) is 107 Å². The molecule has 2 fully saturated rings. The average molecular weight is 829 g/mol. The maximum Gasteiger partial charge on any atom is 0.407 e. The first kappa shape index (κ1) is 40.3. The Balaban J connectivity index is 0.941. The van der Waals surface area contributed by atoms with Crippen LogP contribution < -0.4 is 10.6 Å². The minimum Gasteiger partial charge on any atom is -0.453 e. The van der Waals surface area contributed by atoms with Crippen molar-refractivity contribution in [2.45, 2.75) is 63.7 Å². The minimum absolute atomic E-state index is 0.107. The largest absolute Gasteiger partial charge is 0.453 e. The van der Waals surface area contributed by atoms with Gasteiger partial charge in [0, 0.05) is 18.7 Å². The van der Waals surface area contributed by atoms with Gasteiger partial charge in [0.2, 0.25) is 5.91 Å². The third kappa shape index (κ3) is 8.21.